The van der Waals surface area contributed by atoms with Crippen LogP contribution in [0.4, 0.5) is 5.82 Å². The molecule has 1 unspecified atom stereocenters. The first-order chi connectivity index (χ1) is 8.49. The molecule has 96 valence electrons. The molecule has 0 bridgehead atoms. The van der Waals surface area contributed by atoms with Crippen molar-refractivity contribution >= 4 is 11.8 Å². The SMILES string of the molecule is C#CCC(CC)Nc1nc(C)cc(C)c1C(=O)O. The number of carboxylic acid groups (broad SMARTS) is 1. The number of carboxylic acids is 1. The van der Waals surface area contributed by atoms with Gasteiger partial charge in [0.15, 0.2) is 0 Å². The van der Waals surface area contributed by atoms with Gasteiger partial charge >= 0.3 is 5.97 Å². The minimum absolute atomic E-state index is 0.0433. The summed E-state index contributed by atoms with van der Waals surface area (Å²) in [4.78, 5) is 15.5. The lowest BCUT2D eigenvalue weighted by Gasteiger charge is -2.18. The molecular weight excluding hydrogens is 228 g/mol. The fourth-order valence-electron chi connectivity index (χ4n) is 1.84. The summed E-state index contributed by atoms with van der Waals surface area (Å²) >= 11 is 0. The lowest BCUT2D eigenvalue weighted by molar-refractivity contribution is 0.0696. The maximum atomic E-state index is 11.3. The Balaban J connectivity index is 3.14. The smallest absolute Gasteiger partial charge is 0.339 e. The molecule has 0 spiro atoms. The average molecular weight is 246 g/mol. The van der Waals surface area contributed by atoms with E-state index < -0.39 is 5.97 Å². The lowest BCUT2D eigenvalue weighted by Crippen LogP contribution is -2.21. The number of terminal acetylenes is 1. The Morgan fingerprint density at radius 3 is 2.78 bits per heavy atom. The standard InChI is InChI=1S/C14H18N2O2/c1-5-7-11(6-2)16-13-12(14(17)18)9(3)8-10(4)15-13/h1,8,11H,6-7H2,2-4H3,(H,15,16)(H,17,18). The number of aryl methyl sites for hydroxylation is 2. The third-order valence-corrected chi connectivity index (χ3v) is 2.76. The molecule has 1 rings (SSSR count). The Bertz CT molecular complexity index is 489. The van der Waals surface area contributed by atoms with E-state index in [0.717, 1.165) is 12.1 Å². The van der Waals surface area contributed by atoms with Gasteiger partial charge < -0.3 is 10.4 Å². The molecule has 1 aromatic heterocycles. The maximum Gasteiger partial charge on any atom is 0.339 e. The van der Waals surface area contributed by atoms with Crippen molar-refractivity contribution in [3.8, 4) is 12.3 Å². The molecule has 1 heterocycles. The molecule has 4 nitrogen and oxygen atoms in total. The fraction of sp³-hybridized carbons (Fsp3) is 0.429. The third kappa shape index (κ3) is 3.24. The second kappa shape index (κ2) is 6.06. The highest BCUT2D eigenvalue weighted by Crippen LogP contribution is 2.20. The van der Waals surface area contributed by atoms with Gasteiger partial charge in [0, 0.05) is 18.2 Å². The summed E-state index contributed by atoms with van der Waals surface area (Å²) in [5.41, 5.74) is 1.71. The van der Waals surface area contributed by atoms with Gasteiger partial charge in [-0.05, 0) is 31.9 Å². The molecule has 0 fully saturated rings. The van der Waals surface area contributed by atoms with Crippen molar-refractivity contribution in [3.05, 3.63) is 22.9 Å². The number of carbonyl (C=O) groups is 1. The van der Waals surface area contributed by atoms with Crippen molar-refractivity contribution < 1.29 is 9.90 Å². The number of anilines is 1. The van der Waals surface area contributed by atoms with E-state index >= 15 is 0 Å². The summed E-state index contributed by atoms with van der Waals surface area (Å²) < 4.78 is 0. The summed E-state index contributed by atoms with van der Waals surface area (Å²) in [5.74, 6) is 2.01. The number of hydrogen-bond acceptors (Lipinski definition) is 3. The zero-order chi connectivity index (χ0) is 13.7. The van der Waals surface area contributed by atoms with Crippen molar-refractivity contribution in [2.24, 2.45) is 0 Å². The van der Waals surface area contributed by atoms with E-state index in [0.29, 0.717) is 17.8 Å². The molecule has 18 heavy (non-hydrogen) atoms. The monoisotopic (exact) mass is 246 g/mol. The zero-order valence-corrected chi connectivity index (χ0v) is 10.9. The van der Waals surface area contributed by atoms with Crippen LogP contribution in [0.1, 0.15) is 41.4 Å². The van der Waals surface area contributed by atoms with Gasteiger partial charge in [-0.1, -0.05) is 6.92 Å². The Kier molecular flexibility index (Phi) is 4.73. The van der Waals surface area contributed by atoms with Gasteiger partial charge in [-0.3, -0.25) is 0 Å². The van der Waals surface area contributed by atoms with Crippen molar-refractivity contribution in [3.63, 3.8) is 0 Å². The topological polar surface area (TPSA) is 62.2 Å². The predicted octanol–water partition coefficient (Wildman–Crippen LogP) is 2.61. The Morgan fingerprint density at radius 2 is 2.28 bits per heavy atom. The van der Waals surface area contributed by atoms with Gasteiger partial charge in [0.2, 0.25) is 0 Å². The van der Waals surface area contributed by atoms with Crippen LogP contribution in [-0.4, -0.2) is 22.1 Å². The summed E-state index contributed by atoms with van der Waals surface area (Å²) in [6.45, 7) is 5.61. The van der Waals surface area contributed by atoms with Crippen molar-refractivity contribution in [2.75, 3.05) is 5.32 Å². The van der Waals surface area contributed by atoms with Crippen molar-refractivity contribution in [1.29, 1.82) is 0 Å². The molecule has 0 amide bonds. The van der Waals surface area contributed by atoms with Crippen LogP contribution < -0.4 is 5.32 Å². The Labute approximate surface area is 107 Å². The minimum Gasteiger partial charge on any atom is -0.478 e. The Hall–Kier alpha value is -2.02. The number of aromatic carboxylic acids is 1. The molecular formula is C14H18N2O2. The van der Waals surface area contributed by atoms with E-state index in [2.05, 4.69) is 16.2 Å². The molecule has 0 saturated carbocycles. The highest BCUT2D eigenvalue weighted by atomic mass is 16.4. The van der Waals surface area contributed by atoms with E-state index in [1.54, 1.807) is 13.0 Å². The molecule has 0 aliphatic carbocycles. The van der Waals surface area contributed by atoms with Crippen molar-refractivity contribution in [1.82, 2.24) is 4.98 Å². The molecule has 0 radical (unpaired) electrons. The first kappa shape index (κ1) is 14.0. The van der Waals surface area contributed by atoms with Gasteiger partial charge in [-0.15, -0.1) is 12.3 Å². The molecule has 0 aliphatic heterocycles. The number of rotatable bonds is 5. The molecule has 4 heteroatoms. The minimum atomic E-state index is -0.974. The maximum absolute atomic E-state index is 11.3. The number of pyridine rings is 1. The zero-order valence-electron chi connectivity index (χ0n) is 10.9. The van der Waals surface area contributed by atoms with Crippen molar-refractivity contribution in [2.45, 2.75) is 39.7 Å². The van der Waals surface area contributed by atoms with Crippen LogP contribution in [0.3, 0.4) is 0 Å². The largest absolute Gasteiger partial charge is 0.478 e. The number of nitrogens with zero attached hydrogens (tertiary/aromatic N) is 1. The first-order valence-electron chi connectivity index (χ1n) is 5.91. The Morgan fingerprint density at radius 1 is 1.61 bits per heavy atom. The highest BCUT2D eigenvalue weighted by molar-refractivity contribution is 5.94. The van der Waals surface area contributed by atoms with Crippen LogP contribution in [0.25, 0.3) is 0 Å². The predicted molar refractivity (Wildman–Crippen MR) is 71.8 cm³/mol. The number of hydrogen-bond donors (Lipinski definition) is 2. The third-order valence-electron chi connectivity index (χ3n) is 2.76. The molecule has 0 aliphatic rings. The van der Waals surface area contributed by atoms with Crippen LogP contribution in [0.5, 0.6) is 0 Å². The number of nitrogens with one attached hydrogen (secondary N) is 1. The van der Waals surface area contributed by atoms with Gasteiger partial charge in [0.05, 0.1) is 0 Å². The number of aromatic nitrogens is 1. The molecule has 1 atom stereocenters. The van der Waals surface area contributed by atoms with Crippen LogP contribution >= 0.6 is 0 Å². The van der Waals surface area contributed by atoms with Crippen LogP contribution in [-0.2, 0) is 0 Å². The van der Waals surface area contributed by atoms with E-state index in [4.69, 9.17) is 6.42 Å². The molecule has 1 aromatic rings. The quantitative estimate of drug-likeness (QED) is 0.784. The van der Waals surface area contributed by atoms with E-state index in [9.17, 15) is 9.90 Å². The van der Waals surface area contributed by atoms with E-state index in [-0.39, 0.29) is 11.6 Å². The summed E-state index contributed by atoms with van der Waals surface area (Å²) in [7, 11) is 0. The van der Waals surface area contributed by atoms with Crippen LogP contribution in [0.15, 0.2) is 6.07 Å². The normalized spacial score (nSPS) is 11.7. The second-order valence-electron chi connectivity index (χ2n) is 4.27. The van der Waals surface area contributed by atoms with E-state index in [1.807, 2.05) is 13.8 Å². The van der Waals surface area contributed by atoms with Gasteiger partial charge in [0.1, 0.15) is 11.4 Å². The summed E-state index contributed by atoms with van der Waals surface area (Å²) in [5, 5.41) is 12.4. The summed E-state index contributed by atoms with van der Waals surface area (Å²) in [6.07, 6.45) is 6.65. The van der Waals surface area contributed by atoms with Gasteiger partial charge in [0.25, 0.3) is 0 Å². The van der Waals surface area contributed by atoms with Crippen LogP contribution in [0.2, 0.25) is 0 Å². The van der Waals surface area contributed by atoms with Gasteiger partial charge in [-0.25, -0.2) is 9.78 Å². The second-order valence-corrected chi connectivity index (χ2v) is 4.27. The van der Waals surface area contributed by atoms with Crippen LogP contribution in [0, 0.1) is 26.2 Å². The van der Waals surface area contributed by atoms with Gasteiger partial charge in [-0.2, -0.15) is 0 Å². The highest BCUT2D eigenvalue weighted by Gasteiger charge is 2.17. The molecule has 0 saturated heterocycles. The molecule has 2 N–H and O–H groups in total. The first-order valence-corrected chi connectivity index (χ1v) is 5.91. The lowest BCUT2D eigenvalue weighted by atomic mass is 10.1. The van der Waals surface area contributed by atoms with E-state index in [1.165, 1.54) is 0 Å². The fourth-order valence-corrected chi connectivity index (χ4v) is 1.84. The molecule has 0 aromatic carbocycles. The average Bonchev–Trinajstić information content (AvgIpc) is 2.26. The summed E-state index contributed by atoms with van der Waals surface area (Å²) in [6, 6.07) is 1.80.